The lowest BCUT2D eigenvalue weighted by Gasteiger charge is -2.13. The van der Waals surface area contributed by atoms with Crippen LogP contribution in [0.2, 0.25) is 0 Å². The fourth-order valence-corrected chi connectivity index (χ4v) is 1.75. The molecule has 3 rings (SSSR count). The summed E-state index contributed by atoms with van der Waals surface area (Å²) < 4.78 is 12.2. The number of hydrogen-bond donors (Lipinski definition) is 1. The monoisotopic (exact) mass is 248 g/mol. The van der Waals surface area contributed by atoms with Crippen LogP contribution in [-0.4, -0.2) is 27.3 Å². The molecule has 1 amide bonds. The summed E-state index contributed by atoms with van der Waals surface area (Å²) in [6.07, 6.45) is 2.44. The Kier molecular flexibility index (Phi) is 2.51. The van der Waals surface area contributed by atoms with Crippen LogP contribution in [0.1, 0.15) is 22.7 Å². The number of aromatic nitrogens is 3. The molecule has 0 saturated heterocycles. The van der Waals surface area contributed by atoms with E-state index in [0.717, 1.165) is 13.0 Å². The third kappa shape index (κ3) is 1.94. The Morgan fingerprint density at radius 1 is 1.56 bits per heavy atom. The summed E-state index contributed by atoms with van der Waals surface area (Å²) in [5.74, 6) is 0.898. The van der Waals surface area contributed by atoms with Gasteiger partial charge in [-0.3, -0.25) is 10.1 Å². The van der Waals surface area contributed by atoms with Crippen LogP contribution in [0.25, 0.3) is 0 Å². The second-order valence-corrected chi connectivity index (χ2v) is 4.02. The van der Waals surface area contributed by atoms with Crippen molar-refractivity contribution in [2.45, 2.75) is 19.9 Å². The highest BCUT2D eigenvalue weighted by molar-refractivity contribution is 6.01. The average Bonchev–Trinajstić information content (AvgIpc) is 2.95. The summed E-state index contributed by atoms with van der Waals surface area (Å²) in [6.45, 7) is 3.18. The first kappa shape index (κ1) is 10.8. The fraction of sp³-hybridized carbons (Fsp3) is 0.364. The highest BCUT2D eigenvalue weighted by Crippen LogP contribution is 2.19. The second kappa shape index (κ2) is 4.17. The van der Waals surface area contributed by atoms with Gasteiger partial charge in [-0.15, -0.1) is 0 Å². The zero-order valence-electron chi connectivity index (χ0n) is 9.84. The molecule has 0 saturated carbocycles. The van der Waals surface area contributed by atoms with Crippen LogP contribution in [0, 0.1) is 6.92 Å². The van der Waals surface area contributed by atoms with Crippen molar-refractivity contribution in [3.8, 4) is 5.88 Å². The molecule has 0 aliphatic carbocycles. The van der Waals surface area contributed by atoms with Crippen LogP contribution in [0.5, 0.6) is 5.88 Å². The van der Waals surface area contributed by atoms with Crippen LogP contribution < -0.4 is 10.1 Å². The van der Waals surface area contributed by atoms with E-state index >= 15 is 0 Å². The van der Waals surface area contributed by atoms with Crippen molar-refractivity contribution >= 4 is 11.9 Å². The van der Waals surface area contributed by atoms with E-state index in [1.165, 1.54) is 6.20 Å². The number of carbonyl (C=O) groups excluding carboxylic acids is 1. The zero-order chi connectivity index (χ0) is 12.5. The number of nitrogens with one attached hydrogen (secondary N) is 1. The topological polar surface area (TPSA) is 82.2 Å². The second-order valence-electron chi connectivity index (χ2n) is 4.02. The lowest BCUT2D eigenvalue weighted by Crippen LogP contribution is -2.16. The van der Waals surface area contributed by atoms with Crippen LogP contribution in [0.15, 0.2) is 16.7 Å². The first-order chi connectivity index (χ1) is 8.72. The Balaban J connectivity index is 1.78. The van der Waals surface area contributed by atoms with E-state index in [9.17, 15) is 4.79 Å². The van der Waals surface area contributed by atoms with Gasteiger partial charge in [0.05, 0.1) is 12.8 Å². The van der Waals surface area contributed by atoms with Crippen molar-refractivity contribution in [1.82, 2.24) is 14.8 Å². The van der Waals surface area contributed by atoms with Gasteiger partial charge in [0.15, 0.2) is 5.69 Å². The normalized spacial score (nSPS) is 13.8. The lowest BCUT2D eigenvalue weighted by atomic mass is 10.4. The molecule has 2 aromatic heterocycles. The van der Waals surface area contributed by atoms with Gasteiger partial charge in [-0.1, -0.05) is 0 Å². The van der Waals surface area contributed by atoms with Crippen molar-refractivity contribution in [1.29, 1.82) is 0 Å². The number of aryl methyl sites for hydroxylation is 2. The van der Waals surface area contributed by atoms with Gasteiger partial charge >= 0.3 is 6.01 Å². The van der Waals surface area contributed by atoms with E-state index in [0.29, 0.717) is 23.9 Å². The standard InChI is InChI=1S/C11H12N4O3/c1-7-6-12-11(18-7)13-10(16)8-5-9-15(14-8)3-2-4-17-9/h5-6H,2-4H2,1H3,(H,12,13,16). The molecule has 7 nitrogen and oxygen atoms in total. The minimum Gasteiger partial charge on any atom is -0.478 e. The third-order valence-corrected chi connectivity index (χ3v) is 2.58. The van der Waals surface area contributed by atoms with Crippen LogP contribution in [0.3, 0.4) is 0 Å². The molecule has 0 fully saturated rings. The molecule has 1 aliphatic heterocycles. The smallest absolute Gasteiger partial charge is 0.301 e. The predicted octanol–water partition coefficient (Wildman–Crippen LogP) is 1.21. The molecule has 0 spiro atoms. The number of ether oxygens (including phenoxy) is 1. The number of amides is 1. The number of carbonyl (C=O) groups is 1. The molecule has 2 aromatic rings. The molecule has 7 heteroatoms. The van der Waals surface area contributed by atoms with Crippen molar-refractivity contribution in [3.05, 3.63) is 23.7 Å². The van der Waals surface area contributed by atoms with Gasteiger partial charge < -0.3 is 9.15 Å². The molecule has 0 atom stereocenters. The van der Waals surface area contributed by atoms with Gasteiger partial charge in [0.1, 0.15) is 5.76 Å². The largest absolute Gasteiger partial charge is 0.478 e. The van der Waals surface area contributed by atoms with E-state index in [4.69, 9.17) is 9.15 Å². The summed E-state index contributed by atoms with van der Waals surface area (Å²) in [5.41, 5.74) is 0.294. The van der Waals surface area contributed by atoms with E-state index < -0.39 is 0 Å². The van der Waals surface area contributed by atoms with Crippen LogP contribution >= 0.6 is 0 Å². The highest BCUT2D eigenvalue weighted by atomic mass is 16.5. The molecule has 1 aliphatic rings. The zero-order valence-corrected chi connectivity index (χ0v) is 9.84. The van der Waals surface area contributed by atoms with Crippen LogP contribution in [-0.2, 0) is 6.54 Å². The quantitative estimate of drug-likeness (QED) is 0.863. The van der Waals surface area contributed by atoms with Crippen LogP contribution in [0.4, 0.5) is 6.01 Å². The minimum absolute atomic E-state index is 0.171. The van der Waals surface area contributed by atoms with Gasteiger partial charge in [-0.25, -0.2) is 9.67 Å². The van der Waals surface area contributed by atoms with Gasteiger partial charge in [0, 0.05) is 19.0 Å². The number of oxazole rings is 1. The van der Waals surface area contributed by atoms with E-state index in [1.54, 1.807) is 17.7 Å². The number of rotatable bonds is 2. The number of hydrogen-bond acceptors (Lipinski definition) is 5. The van der Waals surface area contributed by atoms with Gasteiger partial charge in [0.25, 0.3) is 5.91 Å². The molecule has 0 unspecified atom stereocenters. The first-order valence-corrected chi connectivity index (χ1v) is 5.67. The Morgan fingerprint density at radius 3 is 3.17 bits per heavy atom. The number of nitrogens with zero attached hydrogens (tertiary/aromatic N) is 3. The van der Waals surface area contributed by atoms with E-state index in [2.05, 4.69) is 15.4 Å². The Hall–Kier alpha value is -2.31. The summed E-state index contributed by atoms with van der Waals surface area (Å²) in [5, 5.41) is 6.70. The highest BCUT2D eigenvalue weighted by Gasteiger charge is 2.18. The third-order valence-electron chi connectivity index (χ3n) is 2.58. The summed E-state index contributed by atoms with van der Waals surface area (Å²) in [4.78, 5) is 15.8. The number of anilines is 1. The molecular weight excluding hydrogens is 236 g/mol. The maximum Gasteiger partial charge on any atom is 0.301 e. The Labute approximate surface area is 103 Å². The van der Waals surface area contributed by atoms with E-state index in [1.807, 2.05) is 0 Å². The molecule has 94 valence electrons. The Morgan fingerprint density at radius 2 is 2.44 bits per heavy atom. The Bertz CT molecular complexity index is 563. The molecule has 0 radical (unpaired) electrons. The maximum atomic E-state index is 11.9. The summed E-state index contributed by atoms with van der Waals surface area (Å²) in [6, 6.07) is 1.79. The predicted molar refractivity (Wildman–Crippen MR) is 61.5 cm³/mol. The fourth-order valence-electron chi connectivity index (χ4n) is 1.75. The van der Waals surface area contributed by atoms with Crippen molar-refractivity contribution < 1.29 is 13.9 Å². The molecular formula is C11H12N4O3. The molecule has 0 bridgehead atoms. The first-order valence-electron chi connectivity index (χ1n) is 5.67. The molecule has 3 heterocycles. The van der Waals surface area contributed by atoms with E-state index in [-0.39, 0.29) is 11.9 Å². The molecule has 18 heavy (non-hydrogen) atoms. The number of fused-ring (bicyclic) bond motifs is 1. The minimum atomic E-state index is -0.359. The summed E-state index contributed by atoms with van der Waals surface area (Å²) >= 11 is 0. The van der Waals surface area contributed by atoms with Crippen molar-refractivity contribution in [2.75, 3.05) is 11.9 Å². The van der Waals surface area contributed by atoms with Crippen molar-refractivity contribution in [2.24, 2.45) is 0 Å². The summed E-state index contributed by atoms with van der Waals surface area (Å²) in [7, 11) is 0. The van der Waals surface area contributed by atoms with Gasteiger partial charge in [-0.2, -0.15) is 5.10 Å². The molecule has 1 N–H and O–H groups in total. The molecule has 0 aromatic carbocycles. The van der Waals surface area contributed by atoms with Gasteiger partial charge in [-0.05, 0) is 6.92 Å². The maximum absolute atomic E-state index is 11.9. The average molecular weight is 248 g/mol. The van der Waals surface area contributed by atoms with Crippen molar-refractivity contribution in [3.63, 3.8) is 0 Å². The SMILES string of the molecule is Cc1cnc(NC(=O)c2cc3n(n2)CCCO3)o1. The lowest BCUT2D eigenvalue weighted by molar-refractivity contribution is 0.101. The van der Waals surface area contributed by atoms with Gasteiger partial charge in [0.2, 0.25) is 5.88 Å².